The van der Waals surface area contributed by atoms with Crippen molar-refractivity contribution in [2.75, 3.05) is 50.9 Å². The van der Waals surface area contributed by atoms with Gasteiger partial charge in [-0.05, 0) is 30.7 Å². The predicted octanol–water partition coefficient (Wildman–Crippen LogP) is 3.19. The van der Waals surface area contributed by atoms with Crippen LogP contribution in [-0.4, -0.2) is 67.9 Å². The number of aromatic nitrogens is 1. The van der Waals surface area contributed by atoms with Crippen molar-refractivity contribution in [2.45, 2.75) is 12.5 Å². The molecule has 1 amide bonds. The molecule has 7 nitrogen and oxygen atoms in total. The summed E-state index contributed by atoms with van der Waals surface area (Å²) in [7, 11) is 0. The quantitative estimate of drug-likeness (QED) is 0.588. The van der Waals surface area contributed by atoms with Crippen molar-refractivity contribution in [3.63, 3.8) is 0 Å². The topological polar surface area (TPSA) is 64.1 Å². The van der Waals surface area contributed by atoms with E-state index in [2.05, 4.69) is 4.90 Å². The first kappa shape index (κ1) is 20.2. The van der Waals surface area contributed by atoms with Gasteiger partial charge in [-0.2, -0.15) is 0 Å². The molecule has 0 N–H and O–H groups in total. The van der Waals surface area contributed by atoms with Crippen molar-refractivity contribution in [1.29, 1.82) is 0 Å². The molecule has 0 radical (unpaired) electrons. The van der Waals surface area contributed by atoms with E-state index in [0.29, 0.717) is 23.2 Å². The lowest BCUT2D eigenvalue weighted by Gasteiger charge is -2.31. The van der Waals surface area contributed by atoms with Crippen LogP contribution >= 0.6 is 11.3 Å². The molecule has 1 atom stereocenters. The average Bonchev–Trinajstić information content (AvgIpc) is 3.26. The highest BCUT2D eigenvalue weighted by molar-refractivity contribution is 7.22. The van der Waals surface area contributed by atoms with Crippen molar-refractivity contribution in [3.8, 4) is 11.5 Å². The van der Waals surface area contributed by atoms with E-state index in [1.165, 1.54) is 11.3 Å². The number of thiazole rings is 1. The molecule has 0 unspecified atom stereocenters. The number of carbonyl (C=O) groups is 1. The number of nitrogens with zero attached hydrogens (tertiary/aromatic N) is 3. The first-order valence-electron chi connectivity index (χ1n) is 10.6. The summed E-state index contributed by atoms with van der Waals surface area (Å²) in [6, 6.07) is 15.4. The Morgan fingerprint density at radius 1 is 1.10 bits per heavy atom. The van der Waals surface area contributed by atoms with Gasteiger partial charge in [0, 0.05) is 26.2 Å². The monoisotopic (exact) mass is 439 g/mol. The number of amides is 1. The van der Waals surface area contributed by atoms with E-state index >= 15 is 0 Å². The lowest BCUT2D eigenvalue weighted by Crippen LogP contribution is -2.47. The number of hydrogen-bond donors (Lipinski definition) is 0. The van der Waals surface area contributed by atoms with Crippen LogP contribution in [0.1, 0.15) is 6.42 Å². The molecule has 2 aliphatic rings. The predicted molar refractivity (Wildman–Crippen MR) is 120 cm³/mol. The normalized spacial score (nSPS) is 18.8. The number of rotatable bonds is 6. The largest absolute Gasteiger partial charge is 0.485 e. The molecular formula is C23H25N3O4S. The molecule has 31 heavy (non-hydrogen) atoms. The molecule has 2 aromatic carbocycles. The van der Waals surface area contributed by atoms with Crippen LogP contribution in [0.15, 0.2) is 48.5 Å². The van der Waals surface area contributed by atoms with Gasteiger partial charge in [0.25, 0.3) is 5.91 Å². The summed E-state index contributed by atoms with van der Waals surface area (Å²) >= 11 is 1.53. The van der Waals surface area contributed by atoms with Gasteiger partial charge in [0.15, 0.2) is 16.6 Å². The number of carbonyl (C=O) groups excluding carboxylic acids is 1. The second kappa shape index (κ2) is 9.21. The molecule has 0 aliphatic carbocycles. The highest BCUT2D eigenvalue weighted by Crippen LogP contribution is 2.33. The Balaban J connectivity index is 1.34. The minimum Gasteiger partial charge on any atom is -0.485 e. The molecule has 2 aliphatic heterocycles. The van der Waals surface area contributed by atoms with E-state index < -0.39 is 6.10 Å². The molecule has 1 aromatic heterocycles. The third kappa shape index (κ3) is 4.51. The van der Waals surface area contributed by atoms with Gasteiger partial charge in [-0.3, -0.25) is 14.6 Å². The van der Waals surface area contributed by atoms with E-state index in [9.17, 15) is 4.79 Å². The van der Waals surface area contributed by atoms with Crippen molar-refractivity contribution < 1.29 is 19.0 Å². The summed E-state index contributed by atoms with van der Waals surface area (Å²) in [5.74, 6) is 1.16. The van der Waals surface area contributed by atoms with Gasteiger partial charge in [-0.25, -0.2) is 4.98 Å². The third-order valence-corrected chi connectivity index (χ3v) is 6.58. The maximum Gasteiger partial charge on any atom is 0.273 e. The lowest BCUT2D eigenvalue weighted by atomic mass is 10.2. The Hall–Kier alpha value is -2.68. The summed E-state index contributed by atoms with van der Waals surface area (Å²) < 4.78 is 18.3. The van der Waals surface area contributed by atoms with E-state index in [1.807, 2.05) is 48.5 Å². The van der Waals surface area contributed by atoms with Crippen LogP contribution in [0.5, 0.6) is 11.5 Å². The Labute approximate surface area is 185 Å². The second-order valence-electron chi connectivity index (χ2n) is 7.63. The first-order chi connectivity index (χ1) is 15.3. The first-order valence-corrected chi connectivity index (χ1v) is 11.4. The van der Waals surface area contributed by atoms with Crippen LogP contribution in [0, 0.1) is 0 Å². The summed E-state index contributed by atoms with van der Waals surface area (Å²) in [5.41, 5.74) is 0.902. The van der Waals surface area contributed by atoms with Gasteiger partial charge >= 0.3 is 0 Å². The molecular weight excluding hydrogens is 414 g/mol. The molecule has 3 heterocycles. The summed E-state index contributed by atoms with van der Waals surface area (Å²) in [6.45, 7) is 5.11. The zero-order valence-electron chi connectivity index (χ0n) is 17.2. The maximum absolute atomic E-state index is 13.5. The van der Waals surface area contributed by atoms with E-state index in [0.717, 1.165) is 49.5 Å². The number of fused-ring (bicyclic) bond motifs is 2. The van der Waals surface area contributed by atoms with Crippen molar-refractivity contribution in [1.82, 2.24) is 9.88 Å². The van der Waals surface area contributed by atoms with Gasteiger partial charge in [0.05, 0.1) is 23.4 Å². The average molecular weight is 440 g/mol. The van der Waals surface area contributed by atoms with Crippen molar-refractivity contribution >= 4 is 32.6 Å². The molecule has 0 saturated carbocycles. The molecule has 5 rings (SSSR count). The zero-order chi connectivity index (χ0) is 21.0. The van der Waals surface area contributed by atoms with Crippen molar-refractivity contribution in [3.05, 3.63) is 48.5 Å². The van der Waals surface area contributed by atoms with E-state index in [1.54, 1.807) is 4.90 Å². The number of ether oxygens (including phenoxy) is 3. The fourth-order valence-electron chi connectivity index (χ4n) is 3.87. The van der Waals surface area contributed by atoms with Crippen LogP contribution in [0.3, 0.4) is 0 Å². The molecule has 1 saturated heterocycles. The molecule has 0 bridgehead atoms. The number of hydrogen-bond acceptors (Lipinski definition) is 7. The number of anilines is 1. The van der Waals surface area contributed by atoms with Crippen LogP contribution in [0.2, 0.25) is 0 Å². The van der Waals surface area contributed by atoms with Crippen molar-refractivity contribution in [2.24, 2.45) is 0 Å². The minimum atomic E-state index is -0.690. The number of para-hydroxylation sites is 3. The fraction of sp³-hybridized carbons (Fsp3) is 0.391. The van der Waals surface area contributed by atoms with Gasteiger partial charge in [-0.1, -0.05) is 35.6 Å². The maximum atomic E-state index is 13.5. The van der Waals surface area contributed by atoms with Crippen LogP contribution in [0.25, 0.3) is 10.2 Å². The van der Waals surface area contributed by atoms with Gasteiger partial charge in [-0.15, -0.1) is 0 Å². The Morgan fingerprint density at radius 2 is 1.87 bits per heavy atom. The summed E-state index contributed by atoms with van der Waals surface area (Å²) in [6.07, 6.45) is 0.163. The smallest absolute Gasteiger partial charge is 0.273 e. The molecule has 1 fully saturated rings. The molecule has 3 aromatic rings. The van der Waals surface area contributed by atoms with Crippen LogP contribution < -0.4 is 14.4 Å². The Bertz CT molecular complexity index is 1020. The summed E-state index contributed by atoms with van der Waals surface area (Å²) in [4.78, 5) is 22.4. The van der Waals surface area contributed by atoms with Gasteiger partial charge < -0.3 is 14.2 Å². The Kier molecular flexibility index (Phi) is 6.01. The SMILES string of the molecule is O=C([C@@H]1COc2ccccc2O1)N(CCCN1CCOCC1)c1nc2ccccc2s1. The standard InChI is InChI=1S/C23H25N3O4S/c27-22(20-16-29-18-7-2-3-8-19(18)30-20)26(11-5-10-25-12-14-28-15-13-25)23-24-17-6-1-4-9-21(17)31-23/h1-4,6-9,20H,5,10-16H2/t20-/m0/s1. The van der Waals surface area contributed by atoms with Gasteiger partial charge in [0.2, 0.25) is 6.10 Å². The van der Waals surface area contributed by atoms with E-state index in [-0.39, 0.29) is 12.5 Å². The highest BCUT2D eigenvalue weighted by atomic mass is 32.1. The van der Waals surface area contributed by atoms with Gasteiger partial charge in [0.1, 0.15) is 6.61 Å². The molecule has 162 valence electrons. The second-order valence-corrected chi connectivity index (χ2v) is 8.63. The molecule has 8 heteroatoms. The lowest BCUT2D eigenvalue weighted by molar-refractivity contribution is -0.127. The number of benzene rings is 2. The zero-order valence-corrected chi connectivity index (χ0v) is 18.1. The summed E-state index contributed by atoms with van der Waals surface area (Å²) in [5, 5.41) is 0.704. The number of morpholine rings is 1. The minimum absolute atomic E-state index is 0.115. The Morgan fingerprint density at radius 3 is 2.71 bits per heavy atom. The van der Waals surface area contributed by atoms with Crippen LogP contribution in [-0.2, 0) is 9.53 Å². The third-order valence-electron chi connectivity index (χ3n) is 5.52. The van der Waals surface area contributed by atoms with E-state index in [4.69, 9.17) is 19.2 Å². The molecule has 0 spiro atoms. The van der Waals surface area contributed by atoms with Crippen LogP contribution in [0.4, 0.5) is 5.13 Å². The highest BCUT2D eigenvalue weighted by Gasteiger charge is 2.33. The fourth-order valence-corrected chi connectivity index (χ4v) is 4.86.